The molecule has 8 heteroatoms. The van der Waals surface area contributed by atoms with Gasteiger partial charge in [-0.25, -0.2) is 14.4 Å². The summed E-state index contributed by atoms with van der Waals surface area (Å²) in [6, 6.07) is 8.51. The monoisotopic (exact) mass is 381 g/mol. The van der Waals surface area contributed by atoms with Crippen molar-refractivity contribution in [1.82, 2.24) is 4.90 Å². The Morgan fingerprint density at radius 3 is 2.07 bits per heavy atom. The molecule has 0 aliphatic rings. The molecule has 0 heterocycles. The van der Waals surface area contributed by atoms with E-state index in [-0.39, 0.29) is 6.42 Å². The van der Waals surface area contributed by atoms with Crippen molar-refractivity contribution in [3.8, 4) is 0 Å². The average molecular weight is 381 g/mol. The summed E-state index contributed by atoms with van der Waals surface area (Å²) in [5, 5.41) is 9.90. The highest BCUT2D eigenvalue weighted by atomic mass is 16.8. The third kappa shape index (κ3) is 6.47. The fraction of sp³-hybridized carbons (Fsp3) is 0.526. The Labute approximate surface area is 159 Å². The Bertz CT molecular complexity index is 666. The molecule has 0 saturated heterocycles. The molecule has 0 aliphatic heterocycles. The molecular formula is C19H27NO7. The van der Waals surface area contributed by atoms with Gasteiger partial charge in [0.05, 0.1) is 6.10 Å². The standard InChI is InChI=1S/C19H27NO7/c1-13(2)25-17(24)27-19(15(21)22,12-14-10-8-7-9-11-14)20(6)16(23)26-18(3,4)5/h7-11,13H,12H2,1-6H3,(H,21,22)/t19-/m1/s1. The third-order valence-electron chi connectivity index (χ3n) is 3.41. The van der Waals surface area contributed by atoms with E-state index in [1.54, 1.807) is 65.0 Å². The second-order valence-electron chi connectivity index (χ2n) is 7.31. The Hall–Kier alpha value is -2.77. The maximum atomic E-state index is 12.5. The molecule has 0 radical (unpaired) electrons. The molecule has 1 aromatic carbocycles. The van der Waals surface area contributed by atoms with Crippen LogP contribution in [0.25, 0.3) is 0 Å². The summed E-state index contributed by atoms with van der Waals surface area (Å²) in [5.41, 5.74) is -2.65. The van der Waals surface area contributed by atoms with Crippen LogP contribution in [0, 0.1) is 0 Å². The van der Waals surface area contributed by atoms with E-state index in [0.29, 0.717) is 5.56 Å². The number of carbonyl (C=O) groups excluding carboxylic acids is 2. The molecule has 150 valence electrons. The number of nitrogens with zero attached hydrogens (tertiary/aromatic N) is 1. The summed E-state index contributed by atoms with van der Waals surface area (Å²) in [4.78, 5) is 37.5. The first-order valence-electron chi connectivity index (χ1n) is 8.51. The van der Waals surface area contributed by atoms with Crippen LogP contribution in [0.1, 0.15) is 40.2 Å². The molecule has 1 N–H and O–H groups in total. The summed E-state index contributed by atoms with van der Waals surface area (Å²) >= 11 is 0. The smallest absolute Gasteiger partial charge is 0.477 e. The number of hydrogen-bond donors (Lipinski definition) is 1. The minimum absolute atomic E-state index is 0.286. The molecular weight excluding hydrogens is 354 g/mol. The van der Waals surface area contributed by atoms with Crippen molar-refractivity contribution in [3.63, 3.8) is 0 Å². The average Bonchev–Trinajstić information content (AvgIpc) is 2.51. The number of carboxylic acid groups (broad SMARTS) is 1. The van der Waals surface area contributed by atoms with Crippen molar-refractivity contribution in [2.75, 3.05) is 7.05 Å². The van der Waals surface area contributed by atoms with E-state index in [4.69, 9.17) is 14.2 Å². The lowest BCUT2D eigenvalue weighted by Gasteiger charge is -2.37. The molecule has 1 amide bonds. The summed E-state index contributed by atoms with van der Waals surface area (Å²) in [5.74, 6) is -1.53. The Kier molecular flexibility index (Phi) is 7.21. The second-order valence-corrected chi connectivity index (χ2v) is 7.31. The SMILES string of the molecule is CC(C)OC(=O)O[C@](Cc1ccccc1)(C(=O)O)N(C)C(=O)OC(C)(C)C. The van der Waals surface area contributed by atoms with Gasteiger partial charge in [0, 0.05) is 13.5 Å². The molecule has 1 rings (SSSR count). The highest BCUT2D eigenvalue weighted by Gasteiger charge is 2.51. The van der Waals surface area contributed by atoms with Gasteiger partial charge in [-0.15, -0.1) is 0 Å². The number of benzene rings is 1. The van der Waals surface area contributed by atoms with E-state index in [9.17, 15) is 19.5 Å². The van der Waals surface area contributed by atoms with Gasteiger partial charge in [-0.2, -0.15) is 0 Å². The summed E-state index contributed by atoms with van der Waals surface area (Å²) in [7, 11) is 1.20. The molecule has 27 heavy (non-hydrogen) atoms. The highest BCUT2D eigenvalue weighted by molar-refractivity contribution is 5.85. The van der Waals surface area contributed by atoms with E-state index < -0.39 is 35.6 Å². The predicted octanol–water partition coefficient (Wildman–Crippen LogP) is 3.44. The van der Waals surface area contributed by atoms with E-state index in [2.05, 4.69) is 0 Å². The fourth-order valence-corrected chi connectivity index (χ4v) is 2.19. The van der Waals surface area contributed by atoms with Crippen molar-refractivity contribution in [2.24, 2.45) is 0 Å². The normalized spacial score (nSPS) is 13.4. The number of hydrogen-bond acceptors (Lipinski definition) is 6. The van der Waals surface area contributed by atoms with E-state index in [1.807, 2.05) is 0 Å². The molecule has 0 aliphatic carbocycles. The van der Waals surface area contributed by atoms with Gasteiger partial charge < -0.3 is 19.3 Å². The Balaban J connectivity index is 3.31. The Morgan fingerprint density at radius 1 is 1.07 bits per heavy atom. The number of carboxylic acids is 1. The molecule has 0 saturated carbocycles. The molecule has 1 atom stereocenters. The van der Waals surface area contributed by atoms with Crippen LogP contribution in [-0.4, -0.2) is 52.7 Å². The highest BCUT2D eigenvalue weighted by Crippen LogP contribution is 2.26. The molecule has 0 unspecified atom stereocenters. The van der Waals surface area contributed by atoms with Gasteiger partial charge in [0.15, 0.2) is 0 Å². The van der Waals surface area contributed by atoms with Crippen molar-refractivity contribution >= 4 is 18.2 Å². The van der Waals surface area contributed by atoms with Crippen LogP contribution >= 0.6 is 0 Å². The molecule has 8 nitrogen and oxygen atoms in total. The minimum atomic E-state index is -2.34. The number of amides is 1. The van der Waals surface area contributed by atoms with Crippen LogP contribution in [0.4, 0.5) is 9.59 Å². The van der Waals surface area contributed by atoms with Crippen molar-refractivity contribution < 1.29 is 33.7 Å². The van der Waals surface area contributed by atoms with Crippen molar-refractivity contribution in [1.29, 1.82) is 0 Å². The number of aliphatic carboxylic acids is 1. The molecule has 1 aromatic rings. The summed E-state index contributed by atoms with van der Waals surface area (Å²) in [6.45, 7) is 8.13. The number of likely N-dealkylation sites (N-methyl/N-ethyl adjacent to an activating group) is 1. The van der Waals surface area contributed by atoms with Crippen LogP contribution in [0.15, 0.2) is 30.3 Å². The van der Waals surface area contributed by atoms with Gasteiger partial charge >= 0.3 is 18.2 Å². The van der Waals surface area contributed by atoms with Crippen LogP contribution in [-0.2, 0) is 25.4 Å². The van der Waals surface area contributed by atoms with Crippen molar-refractivity contribution in [3.05, 3.63) is 35.9 Å². The largest absolute Gasteiger partial charge is 0.511 e. The van der Waals surface area contributed by atoms with Gasteiger partial charge in [-0.05, 0) is 40.2 Å². The zero-order chi connectivity index (χ0) is 20.8. The number of carbonyl (C=O) groups is 3. The van der Waals surface area contributed by atoms with E-state index in [1.165, 1.54) is 7.05 Å². The van der Waals surface area contributed by atoms with Crippen LogP contribution in [0.2, 0.25) is 0 Å². The first-order valence-corrected chi connectivity index (χ1v) is 8.51. The van der Waals surface area contributed by atoms with Crippen LogP contribution in [0.5, 0.6) is 0 Å². The van der Waals surface area contributed by atoms with Crippen LogP contribution < -0.4 is 0 Å². The molecule has 0 spiro atoms. The number of ether oxygens (including phenoxy) is 3. The second kappa shape index (κ2) is 8.75. The number of rotatable bonds is 6. The molecule has 0 bridgehead atoms. The topological polar surface area (TPSA) is 102 Å². The maximum absolute atomic E-state index is 12.5. The van der Waals surface area contributed by atoms with Gasteiger partial charge in [-0.3, -0.25) is 4.90 Å². The molecule has 0 aromatic heterocycles. The van der Waals surface area contributed by atoms with Gasteiger partial charge in [0.1, 0.15) is 5.60 Å². The first kappa shape index (κ1) is 22.3. The first-order chi connectivity index (χ1) is 12.4. The van der Waals surface area contributed by atoms with Crippen LogP contribution in [0.3, 0.4) is 0 Å². The van der Waals surface area contributed by atoms with E-state index >= 15 is 0 Å². The summed E-state index contributed by atoms with van der Waals surface area (Å²) in [6.07, 6.45) is -2.95. The fourth-order valence-electron chi connectivity index (χ4n) is 2.19. The van der Waals surface area contributed by atoms with Crippen molar-refractivity contribution in [2.45, 2.75) is 58.5 Å². The van der Waals surface area contributed by atoms with Gasteiger partial charge in [0.25, 0.3) is 5.72 Å². The minimum Gasteiger partial charge on any atom is -0.477 e. The third-order valence-corrected chi connectivity index (χ3v) is 3.41. The Morgan fingerprint density at radius 2 is 1.63 bits per heavy atom. The van der Waals surface area contributed by atoms with Gasteiger partial charge in [0.2, 0.25) is 0 Å². The quantitative estimate of drug-likeness (QED) is 0.595. The van der Waals surface area contributed by atoms with Gasteiger partial charge in [-0.1, -0.05) is 30.3 Å². The lowest BCUT2D eigenvalue weighted by atomic mass is 10.0. The summed E-state index contributed by atoms with van der Waals surface area (Å²) < 4.78 is 15.3. The maximum Gasteiger partial charge on any atom is 0.511 e. The van der Waals surface area contributed by atoms with E-state index in [0.717, 1.165) is 4.90 Å². The zero-order valence-corrected chi connectivity index (χ0v) is 16.5. The lowest BCUT2D eigenvalue weighted by Crippen LogP contribution is -2.60. The lowest BCUT2D eigenvalue weighted by molar-refractivity contribution is -0.183. The zero-order valence-electron chi connectivity index (χ0n) is 16.5. The predicted molar refractivity (Wildman–Crippen MR) is 97.2 cm³/mol. The molecule has 0 fully saturated rings.